The number of rotatable bonds is 6. The van der Waals surface area contributed by atoms with E-state index < -0.39 is 49.4 Å². The molecule has 11 heteroatoms. The van der Waals surface area contributed by atoms with Crippen LogP contribution in [0.5, 0.6) is 0 Å². The maximum absolute atomic E-state index is 14.8. The minimum Gasteiger partial charge on any atom is -0.380 e. The third kappa shape index (κ3) is 5.79. The van der Waals surface area contributed by atoms with Gasteiger partial charge in [-0.3, -0.25) is 0 Å². The van der Waals surface area contributed by atoms with Crippen molar-refractivity contribution in [3.05, 3.63) is 23.3 Å². The Morgan fingerprint density at radius 3 is 1.88 bits per heavy atom. The van der Waals surface area contributed by atoms with E-state index in [9.17, 15) is 26.0 Å². The van der Waals surface area contributed by atoms with Crippen molar-refractivity contribution in [3.8, 4) is 0 Å². The summed E-state index contributed by atoms with van der Waals surface area (Å²) in [5.41, 5.74) is -1.53. The van der Waals surface area contributed by atoms with Gasteiger partial charge in [0.1, 0.15) is 11.4 Å². The number of hydrogen-bond acceptors (Lipinski definition) is 5. The van der Waals surface area contributed by atoms with Crippen LogP contribution in [0.15, 0.2) is 0 Å². The molecule has 1 saturated heterocycles. The van der Waals surface area contributed by atoms with Gasteiger partial charge >= 0.3 is 0 Å². The van der Waals surface area contributed by atoms with E-state index in [-0.39, 0.29) is 43.8 Å². The fourth-order valence-electron chi connectivity index (χ4n) is 4.54. The average Bonchev–Trinajstić information content (AvgIpc) is 2.72. The second-order valence-electron chi connectivity index (χ2n) is 10.5. The standard InChI is InChI=1S/C23H35F4N3O3S/c1-13-11-30(12-14(2)33-13)22-19(26)17(24)21(18(25)20(22)27)28-10-15-6-8-16(9-7-15)29-34(31,32)23(3,4)5/h13-16,28-29H,6-12H2,1-5H3. The van der Waals surface area contributed by atoms with Gasteiger partial charge in [-0.2, -0.15) is 0 Å². The molecule has 194 valence electrons. The summed E-state index contributed by atoms with van der Waals surface area (Å²) in [5.74, 6) is -5.77. The zero-order valence-electron chi connectivity index (χ0n) is 20.4. The lowest BCUT2D eigenvalue weighted by molar-refractivity contribution is -0.00566. The highest BCUT2D eigenvalue weighted by Crippen LogP contribution is 2.36. The molecule has 1 aromatic rings. The van der Waals surface area contributed by atoms with E-state index in [0.29, 0.717) is 25.7 Å². The quantitative estimate of drug-likeness (QED) is 0.435. The van der Waals surface area contributed by atoms with Crippen molar-refractivity contribution >= 4 is 21.4 Å². The van der Waals surface area contributed by atoms with Gasteiger partial charge in [-0.25, -0.2) is 30.7 Å². The molecule has 1 aromatic carbocycles. The molecule has 0 radical (unpaired) electrons. The molecule has 2 N–H and O–H groups in total. The molecule has 34 heavy (non-hydrogen) atoms. The minimum absolute atomic E-state index is 0.0130. The summed E-state index contributed by atoms with van der Waals surface area (Å²) in [6.07, 6.45) is 1.69. The second-order valence-corrected chi connectivity index (χ2v) is 12.9. The van der Waals surface area contributed by atoms with Crippen molar-refractivity contribution in [3.63, 3.8) is 0 Å². The Bertz CT molecular complexity index is 953. The lowest BCUT2D eigenvalue weighted by Crippen LogP contribution is -2.46. The lowest BCUT2D eigenvalue weighted by Gasteiger charge is -2.37. The van der Waals surface area contributed by atoms with E-state index in [4.69, 9.17) is 4.74 Å². The molecule has 1 heterocycles. The van der Waals surface area contributed by atoms with Crippen molar-refractivity contribution in [2.45, 2.75) is 83.3 Å². The summed E-state index contributed by atoms with van der Waals surface area (Å²) in [6.45, 7) is 8.68. The average molecular weight is 510 g/mol. The Morgan fingerprint density at radius 1 is 0.912 bits per heavy atom. The molecule has 0 amide bonds. The zero-order valence-corrected chi connectivity index (χ0v) is 21.2. The largest absolute Gasteiger partial charge is 0.380 e. The highest BCUT2D eigenvalue weighted by atomic mass is 32.2. The monoisotopic (exact) mass is 509 g/mol. The van der Waals surface area contributed by atoms with Crippen LogP contribution in [0.1, 0.15) is 60.3 Å². The molecule has 3 rings (SSSR count). The summed E-state index contributed by atoms with van der Waals surface area (Å²) < 4.78 is 91.3. The predicted octanol–water partition coefficient (Wildman–Crippen LogP) is 4.55. The SMILES string of the molecule is CC1CN(c2c(F)c(F)c(NCC3CCC(NS(=O)(=O)C(C)(C)C)CC3)c(F)c2F)CC(C)O1. The topological polar surface area (TPSA) is 70.7 Å². The number of ether oxygens (including phenoxy) is 1. The molecule has 1 aliphatic heterocycles. The number of hydrogen-bond donors (Lipinski definition) is 2. The minimum atomic E-state index is -3.47. The molecule has 1 saturated carbocycles. The van der Waals surface area contributed by atoms with Crippen LogP contribution in [-0.2, 0) is 14.8 Å². The number of nitrogens with one attached hydrogen (secondary N) is 2. The molecule has 2 aliphatic rings. The molecule has 6 nitrogen and oxygen atoms in total. The number of sulfonamides is 1. The Labute approximate surface area is 199 Å². The number of benzene rings is 1. The van der Waals surface area contributed by atoms with Gasteiger partial charge in [-0.15, -0.1) is 0 Å². The van der Waals surface area contributed by atoms with Crippen molar-refractivity contribution < 1.29 is 30.7 Å². The fraction of sp³-hybridized carbons (Fsp3) is 0.739. The summed E-state index contributed by atoms with van der Waals surface area (Å²) in [6, 6.07) is -0.207. The molecule has 1 aliphatic carbocycles. The van der Waals surface area contributed by atoms with Crippen LogP contribution in [-0.4, -0.2) is 51.0 Å². The van der Waals surface area contributed by atoms with E-state index in [1.165, 1.54) is 4.90 Å². The molecule has 0 aromatic heterocycles. The summed E-state index contributed by atoms with van der Waals surface area (Å²) in [4.78, 5) is 1.28. The number of halogens is 4. The number of morpholine rings is 1. The first-order valence-corrected chi connectivity index (χ1v) is 13.2. The second kappa shape index (κ2) is 10.2. The van der Waals surface area contributed by atoms with Gasteiger partial charge in [0.05, 0.1) is 17.0 Å². The van der Waals surface area contributed by atoms with Crippen LogP contribution < -0.4 is 14.9 Å². The molecule has 0 bridgehead atoms. The Kier molecular flexibility index (Phi) is 8.09. The molecule has 0 spiro atoms. The van der Waals surface area contributed by atoms with Crippen LogP contribution in [0.3, 0.4) is 0 Å². The van der Waals surface area contributed by atoms with Gasteiger partial charge in [0.25, 0.3) is 0 Å². The van der Waals surface area contributed by atoms with Crippen LogP contribution in [0, 0.1) is 29.2 Å². The number of nitrogens with zero attached hydrogens (tertiary/aromatic N) is 1. The van der Waals surface area contributed by atoms with E-state index in [1.807, 2.05) is 0 Å². The van der Waals surface area contributed by atoms with Crippen LogP contribution >= 0.6 is 0 Å². The van der Waals surface area contributed by atoms with E-state index >= 15 is 0 Å². The Balaban J connectivity index is 1.65. The molecular weight excluding hydrogens is 474 g/mol. The van der Waals surface area contributed by atoms with Crippen molar-refractivity contribution in [1.29, 1.82) is 0 Å². The first kappa shape index (κ1) is 27.0. The van der Waals surface area contributed by atoms with Gasteiger partial charge < -0.3 is 15.0 Å². The van der Waals surface area contributed by atoms with Crippen molar-refractivity contribution in [2.75, 3.05) is 29.9 Å². The third-order valence-electron chi connectivity index (χ3n) is 6.52. The first-order valence-electron chi connectivity index (χ1n) is 11.7. The van der Waals surface area contributed by atoms with E-state index in [1.54, 1.807) is 34.6 Å². The highest BCUT2D eigenvalue weighted by molar-refractivity contribution is 7.90. The smallest absolute Gasteiger partial charge is 0.216 e. The summed E-state index contributed by atoms with van der Waals surface area (Å²) >= 11 is 0. The Morgan fingerprint density at radius 2 is 1.41 bits per heavy atom. The van der Waals surface area contributed by atoms with Crippen LogP contribution in [0.2, 0.25) is 0 Å². The van der Waals surface area contributed by atoms with E-state index in [0.717, 1.165) is 0 Å². The van der Waals surface area contributed by atoms with Crippen LogP contribution in [0.4, 0.5) is 28.9 Å². The number of anilines is 2. The first-order chi connectivity index (χ1) is 15.7. The normalized spacial score (nSPS) is 26.6. The fourth-order valence-corrected chi connectivity index (χ4v) is 5.57. The molecule has 2 atom stereocenters. The molecule has 2 fully saturated rings. The predicted molar refractivity (Wildman–Crippen MR) is 125 cm³/mol. The van der Waals surface area contributed by atoms with Crippen molar-refractivity contribution in [1.82, 2.24) is 4.72 Å². The zero-order chi connectivity index (χ0) is 25.4. The summed E-state index contributed by atoms with van der Waals surface area (Å²) in [7, 11) is -3.47. The molecule has 2 unspecified atom stereocenters. The maximum atomic E-state index is 14.8. The lowest BCUT2D eigenvalue weighted by atomic mass is 9.86. The van der Waals surface area contributed by atoms with Gasteiger partial charge in [0.2, 0.25) is 10.0 Å². The van der Waals surface area contributed by atoms with Gasteiger partial charge in [-0.05, 0) is 66.2 Å². The van der Waals surface area contributed by atoms with Crippen molar-refractivity contribution in [2.24, 2.45) is 5.92 Å². The molecular formula is C23H35F4N3O3S. The van der Waals surface area contributed by atoms with E-state index in [2.05, 4.69) is 10.0 Å². The van der Waals surface area contributed by atoms with Crippen LogP contribution in [0.25, 0.3) is 0 Å². The Hall–Kier alpha value is -1.59. The van der Waals surface area contributed by atoms with Gasteiger partial charge in [0, 0.05) is 25.7 Å². The van der Waals surface area contributed by atoms with Gasteiger partial charge in [0.15, 0.2) is 23.3 Å². The highest BCUT2D eigenvalue weighted by Gasteiger charge is 2.34. The maximum Gasteiger partial charge on any atom is 0.216 e. The summed E-state index contributed by atoms with van der Waals surface area (Å²) in [5, 5.41) is 2.56. The van der Waals surface area contributed by atoms with Gasteiger partial charge in [-0.1, -0.05) is 0 Å². The third-order valence-corrected chi connectivity index (χ3v) is 8.77.